The monoisotopic (exact) mass is 353 g/mol. The Hall–Kier alpha value is -2.95. The number of phenols is 1. The smallest absolute Gasteiger partial charge is 0.310 e. The van der Waals surface area contributed by atoms with Crippen molar-refractivity contribution >= 4 is 16.9 Å². The quantitative estimate of drug-likeness (QED) is 0.685. The first-order valence-electron chi connectivity index (χ1n) is 8.62. The van der Waals surface area contributed by atoms with E-state index in [0.29, 0.717) is 13.2 Å². The zero-order valence-electron chi connectivity index (χ0n) is 15.3. The summed E-state index contributed by atoms with van der Waals surface area (Å²) in [7, 11) is 1.63. The van der Waals surface area contributed by atoms with Crippen LogP contribution in [0.15, 0.2) is 42.5 Å². The van der Waals surface area contributed by atoms with Gasteiger partial charge in [0, 0.05) is 23.1 Å². The third-order valence-corrected chi connectivity index (χ3v) is 4.56. The molecule has 2 aromatic carbocycles. The van der Waals surface area contributed by atoms with Crippen molar-refractivity contribution in [3.05, 3.63) is 59.3 Å². The number of carbonyl (C=O) groups is 1. The predicted molar refractivity (Wildman–Crippen MR) is 101 cm³/mol. The van der Waals surface area contributed by atoms with Crippen LogP contribution in [-0.4, -0.2) is 29.4 Å². The zero-order chi connectivity index (χ0) is 18.7. The second-order valence-electron chi connectivity index (χ2n) is 6.18. The number of rotatable bonds is 6. The summed E-state index contributed by atoms with van der Waals surface area (Å²) in [5.74, 6) is 0.766. The molecule has 5 nitrogen and oxygen atoms in total. The van der Waals surface area contributed by atoms with Gasteiger partial charge in [-0.15, -0.1) is 0 Å². The maximum atomic E-state index is 12.1. The molecular weight excluding hydrogens is 330 g/mol. The second kappa shape index (κ2) is 7.52. The van der Waals surface area contributed by atoms with Crippen molar-refractivity contribution in [2.24, 2.45) is 0 Å². The Balaban J connectivity index is 2.08. The van der Waals surface area contributed by atoms with Crippen molar-refractivity contribution in [1.29, 1.82) is 0 Å². The van der Waals surface area contributed by atoms with E-state index in [-0.39, 0.29) is 18.1 Å². The van der Waals surface area contributed by atoms with Gasteiger partial charge in [0.1, 0.15) is 11.5 Å². The van der Waals surface area contributed by atoms with Crippen LogP contribution >= 0.6 is 0 Å². The Morgan fingerprint density at radius 2 is 1.88 bits per heavy atom. The number of fused-ring (bicyclic) bond motifs is 1. The molecule has 26 heavy (non-hydrogen) atoms. The highest BCUT2D eigenvalue weighted by atomic mass is 16.5. The lowest BCUT2D eigenvalue weighted by Crippen LogP contribution is -2.09. The summed E-state index contributed by atoms with van der Waals surface area (Å²) in [6, 6.07) is 13.0. The standard InChI is InChI=1S/C21H23NO4/c1-4-26-21(24)12-18-14(2)22(13-15-5-7-16(23)8-6-15)20-10-9-17(25-3)11-19(18)20/h5-11,23H,4,12-13H2,1-3H3. The molecule has 1 aromatic heterocycles. The number of nitrogens with zero attached hydrogens (tertiary/aromatic N) is 1. The maximum Gasteiger partial charge on any atom is 0.310 e. The van der Waals surface area contributed by atoms with Crippen LogP contribution in [0.5, 0.6) is 11.5 Å². The molecule has 0 radical (unpaired) electrons. The second-order valence-corrected chi connectivity index (χ2v) is 6.18. The number of methoxy groups -OCH3 is 1. The fraction of sp³-hybridized carbons (Fsp3) is 0.286. The molecule has 0 aliphatic rings. The number of aromatic hydroxyl groups is 1. The molecule has 136 valence electrons. The van der Waals surface area contributed by atoms with Gasteiger partial charge in [-0.05, 0) is 55.3 Å². The Bertz CT molecular complexity index is 925. The molecule has 0 saturated heterocycles. The molecule has 0 saturated carbocycles. The van der Waals surface area contributed by atoms with Crippen molar-refractivity contribution in [1.82, 2.24) is 4.57 Å². The van der Waals surface area contributed by atoms with Crippen LogP contribution in [0.4, 0.5) is 0 Å². The highest BCUT2D eigenvalue weighted by Crippen LogP contribution is 2.31. The van der Waals surface area contributed by atoms with E-state index < -0.39 is 0 Å². The Labute approximate surface area is 152 Å². The summed E-state index contributed by atoms with van der Waals surface area (Å²) in [5, 5.41) is 10.5. The van der Waals surface area contributed by atoms with Crippen molar-refractivity contribution in [3.8, 4) is 11.5 Å². The van der Waals surface area contributed by atoms with Crippen LogP contribution in [0.1, 0.15) is 23.7 Å². The van der Waals surface area contributed by atoms with Gasteiger partial charge >= 0.3 is 5.97 Å². The van der Waals surface area contributed by atoms with Crippen LogP contribution in [-0.2, 0) is 22.5 Å². The van der Waals surface area contributed by atoms with Crippen LogP contribution in [0.2, 0.25) is 0 Å². The predicted octanol–water partition coefficient (Wildman–Crippen LogP) is 3.82. The number of esters is 1. The molecule has 0 amide bonds. The highest BCUT2D eigenvalue weighted by Gasteiger charge is 2.18. The normalized spacial score (nSPS) is 10.9. The molecule has 1 heterocycles. The van der Waals surface area contributed by atoms with Crippen LogP contribution in [0.25, 0.3) is 10.9 Å². The number of phenolic OH excluding ortho intramolecular Hbond substituents is 1. The molecule has 3 rings (SSSR count). The van der Waals surface area contributed by atoms with Gasteiger partial charge in [-0.25, -0.2) is 0 Å². The average Bonchev–Trinajstić information content (AvgIpc) is 2.89. The summed E-state index contributed by atoms with van der Waals surface area (Å²) in [4.78, 5) is 12.1. The minimum absolute atomic E-state index is 0.228. The number of hydrogen-bond donors (Lipinski definition) is 1. The van der Waals surface area contributed by atoms with E-state index in [2.05, 4.69) is 4.57 Å². The van der Waals surface area contributed by atoms with Gasteiger partial charge in [0.25, 0.3) is 0 Å². The zero-order valence-corrected chi connectivity index (χ0v) is 15.3. The Morgan fingerprint density at radius 1 is 1.15 bits per heavy atom. The summed E-state index contributed by atoms with van der Waals surface area (Å²) >= 11 is 0. The SMILES string of the molecule is CCOC(=O)Cc1c(C)n(Cc2ccc(O)cc2)c2ccc(OC)cc12. The molecule has 1 N–H and O–H groups in total. The lowest BCUT2D eigenvalue weighted by molar-refractivity contribution is -0.142. The summed E-state index contributed by atoms with van der Waals surface area (Å²) in [6.45, 7) is 4.84. The Morgan fingerprint density at radius 3 is 2.54 bits per heavy atom. The van der Waals surface area contributed by atoms with E-state index in [9.17, 15) is 9.90 Å². The first kappa shape index (κ1) is 17.9. The summed E-state index contributed by atoms with van der Waals surface area (Å²) < 4.78 is 12.7. The van der Waals surface area contributed by atoms with Gasteiger partial charge in [0.2, 0.25) is 0 Å². The van der Waals surface area contributed by atoms with E-state index in [1.165, 1.54) is 0 Å². The van der Waals surface area contributed by atoms with Crippen molar-refractivity contribution in [3.63, 3.8) is 0 Å². The molecule has 0 unspecified atom stereocenters. The third kappa shape index (κ3) is 3.52. The van der Waals surface area contributed by atoms with E-state index in [4.69, 9.17) is 9.47 Å². The van der Waals surface area contributed by atoms with Crippen LogP contribution < -0.4 is 4.74 Å². The molecule has 0 bridgehead atoms. The number of hydrogen-bond acceptors (Lipinski definition) is 4. The van der Waals surface area contributed by atoms with Crippen molar-refractivity contribution in [2.75, 3.05) is 13.7 Å². The first-order valence-corrected chi connectivity index (χ1v) is 8.62. The molecule has 0 fully saturated rings. The first-order chi connectivity index (χ1) is 12.5. The minimum Gasteiger partial charge on any atom is -0.508 e. The van der Waals surface area contributed by atoms with Crippen LogP contribution in [0, 0.1) is 6.92 Å². The molecule has 0 aliphatic heterocycles. The summed E-state index contributed by atoms with van der Waals surface area (Å²) in [5.41, 5.74) is 4.09. The van der Waals surface area contributed by atoms with Gasteiger partial charge in [0.05, 0.1) is 20.1 Å². The van der Waals surface area contributed by atoms with Gasteiger partial charge in [0.15, 0.2) is 0 Å². The topological polar surface area (TPSA) is 60.7 Å². The maximum absolute atomic E-state index is 12.1. The minimum atomic E-state index is -0.234. The van der Waals surface area contributed by atoms with E-state index in [0.717, 1.165) is 33.5 Å². The van der Waals surface area contributed by atoms with Gasteiger partial charge < -0.3 is 19.1 Å². The third-order valence-electron chi connectivity index (χ3n) is 4.56. The van der Waals surface area contributed by atoms with Crippen molar-refractivity contribution in [2.45, 2.75) is 26.8 Å². The van der Waals surface area contributed by atoms with Crippen molar-refractivity contribution < 1.29 is 19.4 Å². The lowest BCUT2D eigenvalue weighted by atomic mass is 10.1. The molecule has 0 atom stereocenters. The fourth-order valence-electron chi connectivity index (χ4n) is 3.22. The molecular formula is C21H23NO4. The van der Waals surface area contributed by atoms with Gasteiger partial charge in [-0.1, -0.05) is 12.1 Å². The van der Waals surface area contributed by atoms with E-state index >= 15 is 0 Å². The van der Waals surface area contributed by atoms with E-state index in [1.807, 2.05) is 44.2 Å². The lowest BCUT2D eigenvalue weighted by Gasteiger charge is -2.09. The Kier molecular flexibility index (Phi) is 5.16. The molecule has 0 aliphatic carbocycles. The number of ether oxygens (including phenoxy) is 2. The van der Waals surface area contributed by atoms with Gasteiger partial charge in [-0.2, -0.15) is 0 Å². The molecule has 0 spiro atoms. The highest BCUT2D eigenvalue weighted by molar-refractivity contribution is 5.90. The van der Waals surface area contributed by atoms with Gasteiger partial charge in [-0.3, -0.25) is 4.79 Å². The molecule has 3 aromatic rings. The summed E-state index contributed by atoms with van der Waals surface area (Å²) in [6.07, 6.45) is 0.228. The van der Waals surface area contributed by atoms with E-state index in [1.54, 1.807) is 19.2 Å². The fourth-order valence-corrected chi connectivity index (χ4v) is 3.22. The molecule has 5 heteroatoms. The van der Waals surface area contributed by atoms with Crippen LogP contribution in [0.3, 0.4) is 0 Å². The average molecular weight is 353 g/mol. The largest absolute Gasteiger partial charge is 0.508 e. The number of aromatic nitrogens is 1. The number of benzene rings is 2. The number of carbonyl (C=O) groups excluding carboxylic acids is 1.